The standard InChI is InChI=1S/C10H9BrO3S/c1-5-7(11)2-8(15-5)10(9(13)14)3-6(12)4-10/h2H,3-4H2,1H3,(H,13,14). The number of aliphatic carboxylic acids is 1. The molecule has 1 aromatic heterocycles. The molecule has 0 aliphatic heterocycles. The van der Waals surface area contributed by atoms with E-state index >= 15 is 0 Å². The van der Waals surface area contributed by atoms with Gasteiger partial charge in [0.05, 0.1) is 0 Å². The fraction of sp³-hybridized carbons (Fsp3) is 0.400. The first kappa shape index (κ1) is 10.8. The van der Waals surface area contributed by atoms with Crippen LogP contribution in [0.1, 0.15) is 22.6 Å². The quantitative estimate of drug-likeness (QED) is 0.910. The van der Waals surface area contributed by atoms with Gasteiger partial charge >= 0.3 is 5.97 Å². The molecule has 0 saturated heterocycles. The Balaban J connectivity index is 2.43. The minimum absolute atomic E-state index is 0.0274. The molecule has 0 bridgehead atoms. The fourth-order valence-electron chi connectivity index (χ4n) is 1.75. The molecule has 0 spiro atoms. The molecule has 1 aliphatic carbocycles. The number of hydrogen-bond donors (Lipinski definition) is 1. The second kappa shape index (κ2) is 3.42. The molecule has 3 nitrogen and oxygen atoms in total. The number of ketones is 1. The summed E-state index contributed by atoms with van der Waals surface area (Å²) in [5, 5.41) is 9.19. The number of carbonyl (C=O) groups excluding carboxylic acids is 1. The highest BCUT2D eigenvalue weighted by molar-refractivity contribution is 9.10. The van der Waals surface area contributed by atoms with Gasteiger partial charge in [0, 0.05) is 27.1 Å². The number of aryl methyl sites for hydroxylation is 1. The van der Waals surface area contributed by atoms with Gasteiger partial charge < -0.3 is 5.11 Å². The molecule has 1 N–H and O–H groups in total. The van der Waals surface area contributed by atoms with E-state index in [4.69, 9.17) is 0 Å². The van der Waals surface area contributed by atoms with Crippen molar-refractivity contribution in [1.82, 2.24) is 0 Å². The van der Waals surface area contributed by atoms with Crippen LogP contribution in [0.3, 0.4) is 0 Å². The van der Waals surface area contributed by atoms with Gasteiger partial charge in [0.1, 0.15) is 11.2 Å². The number of carboxylic acids is 1. The number of carboxylic acid groups (broad SMARTS) is 1. The zero-order valence-electron chi connectivity index (χ0n) is 8.04. The summed E-state index contributed by atoms with van der Waals surface area (Å²) in [5.41, 5.74) is -0.946. The summed E-state index contributed by atoms with van der Waals surface area (Å²) in [4.78, 5) is 24.0. The van der Waals surface area contributed by atoms with Crippen LogP contribution in [0.2, 0.25) is 0 Å². The van der Waals surface area contributed by atoms with E-state index in [2.05, 4.69) is 15.9 Å². The van der Waals surface area contributed by atoms with Crippen LogP contribution in [-0.4, -0.2) is 16.9 Å². The van der Waals surface area contributed by atoms with E-state index in [1.165, 1.54) is 11.3 Å². The van der Waals surface area contributed by atoms with Crippen molar-refractivity contribution in [3.05, 3.63) is 20.3 Å². The van der Waals surface area contributed by atoms with Crippen LogP contribution >= 0.6 is 27.3 Å². The first-order valence-electron chi connectivity index (χ1n) is 4.47. The van der Waals surface area contributed by atoms with Crippen LogP contribution < -0.4 is 0 Å². The highest BCUT2D eigenvalue weighted by Crippen LogP contribution is 2.46. The van der Waals surface area contributed by atoms with Crippen molar-refractivity contribution < 1.29 is 14.7 Å². The van der Waals surface area contributed by atoms with E-state index in [1.807, 2.05) is 13.0 Å². The number of carbonyl (C=O) groups is 2. The van der Waals surface area contributed by atoms with Crippen molar-refractivity contribution in [3.8, 4) is 0 Å². The average Bonchev–Trinajstić information content (AvgIpc) is 2.40. The molecule has 1 aliphatic rings. The molecule has 0 aromatic carbocycles. The third-order valence-electron chi connectivity index (χ3n) is 2.74. The number of hydrogen-bond acceptors (Lipinski definition) is 3. The predicted octanol–water partition coefficient (Wildman–Crippen LogP) is 2.50. The Hall–Kier alpha value is -0.680. The van der Waals surface area contributed by atoms with Gasteiger partial charge in [0.25, 0.3) is 0 Å². The van der Waals surface area contributed by atoms with Crippen molar-refractivity contribution >= 4 is 39.0 Å². The zero-order valence-corrected chi connectivity index (χ0v) is 10.4. The maximum atomic E-state index is 11.2. The fourth-order valence-corrected chi connectivity index (χ4v) is 3.46. The summed E-state index contributed by atoms with van der Waals surface area (Å²) in [7, 11) is 0. The highest BCUT2D eigenvalue weighted by atomic mass is 79.9. The average molecular weight is 289 g/mol. The predicted molar refractivity (Wildman–Crippen MR) is 60.3 cm³/mol. The normalized spacial score (nSPS) is 18.7. The first-order chi connectivity index (χ1) is 6.95. The van der Waals surface area contributed by atoms with Crippen LogP contribution in [-0.2, 0) is 15.0 Å². The van der Waals surface area contributed by atoms with Gasteiger partial charge in [-0.2, -0.15) is 0 Å². The van der Waals surface area contributed by atoms with Crippen LogP contribution in [0.25, 0.3) is 0 Å². The second-order valence-electron chi connectivity index (χ2n) is 3.79. The van der Waals surface area contributed by atoms with Crippen molar-refractivity contribution in [2.45, 2.75) is 25.2 Å². The smallest absolute Gasteiger partial charge is 0.315 e. The molecule has 1 saturated carbocycles. The van der Waals surface area contributed by atoms with Gasteiger partial charge in [-0.1, -0.05) is 0 Å². The molecule has 1 aromatic rings. The molecule has 2 rings (SSSR count). The lowest BCUT2D eigenvalue weighted by Gasteiger charge is -2.35. The Kier molecular flexibility index (Phi) is 2.47. The lowest BCUT2D eigenvalue weighted by atomic mass is 9.67. The molecule has 1 fully saturated rings. The summed E-state index contributed by atoms with van der Waals surface area (Å²) in [6, 6.07) is 1.82. The van der Waals surface area contributed by atoms with Crippen LogP contribution in [0, 0.1) is 6.92 Å². The van der Waals surface area contributed by atoms with E-state index in [0.717, 1.165) is 14.2 Å². The first-order valence-corrected chi connectivity index (χ1v) is 6.08. The molecule has 0 atom stereocenters. The number of rotatable bonds is 2. The van der Waals surface area contributed by atoms with E-state index in [9.17, 15) is 14.7 Å². The SMILES string of the molecule is Cc1sc(C2(C(=O)O)CC(=O)C2)cc1Br. The van der Waals surface area contributed by atoms with Crippen molar-refractivity contribution in [2.75, 3.05) is 0 Å². The van der Waals surface area contributed by atoms with Gasteiger partial charge in [-0.15, -0.1) is 11.3 Å². The summed E-state index contributed by atoms with van der Waals surface area (Å²) in [6.45, 7) is 1.92. The Labute approximate surface area is 99.2 Å². The summed E-state index contributed by atoms with van der Waals surface area (Å²) < 4.78 is 0.919. The Morgan fingerprint density at radius 2 is 2.20 bits per heavy atom. The molecule has 80 valence electrons. The summed E-state index contributed by atoms with van der Waals surface area (Å²) >= 11 is 4.81. The van der Waals surface area contributed by atoms with Gasteiger partial charge in [0.2, 0.25) is 0 Å². The van der Waals surface area contributed by atoms with Crippen molar-refractivity contribution in [2.24, 2.45) is 0 Å². The largest absolute Gasteiger partial charge is 0.481 e. The van der Waals surface area contributed by atoms with E-state index in [-0.39, 0.29) is 18.6 Å². The maximum Gasteiger partial charge on any atom is 0.315 e. The maximum absolute atomic E-state index is 11.2. The highest BCUT2D eigenvalue weighted by Gasteiger charge is 2.52. The van der Waals surface area contributed by atoms with Crippen LogP contribution in [0.15, 0.2) is 10.5 Å². The monoisotopic (exact) mass is 288 g/mol. The number of halogens is 1. The lowest BCUT2D eigenvalue weighted by molar-refractivity contribution is -0.153. The molecule has 0 radical (unpaired) electrons. The van der Waals surface area contributed by atoms with E-state index in [0.29, 0.717) is 0 Å². The third-order valence-corrected chi connectivity index (χ3v) is 5.08. The summed E-state index contributed by atoms with van der Waals surface area (Å²) in [6.07, 6.45) is 0.267. The number of thiophene rings is 1. The minimum Gasteiger partial charge on any atom is -0.481 e. The van der Waals surface area contributed by atoms with Crippen LogP contribution in [0.5, 0.6) is 0 Å². The second-order valence-corrected chi connectivity index (χ2v) is 5.90. The molecular formula is C10H9BrO3S. The zero-order chi connectivity index (χ0) is 11.2. The van der Waals surface area contributed by atoms with Gasteiger partial charge in [-0.3, -0.25) is 9.59 Å². The van der Waals surface area contributed by atoms with Gasteiger partial charge in [-0.25, -0.2) is 0 Å². The lowest BCUT2D eigenvalue weighted by Crippen LogP contribution is -2.47. The molecule has 5 heteroatoms. The Morgan fingerprint density at radius 3 is 2.53 bits per heavy atom. The number of Topliss-reactive ketones (excluding diaryl/α,β-unsaturated/α-hetero) is 1. The van der Waals surface area contributed by atoms with E-state index in [1.54, 1.807) is 0 Å². The molecule has 0 amide bonds. The van der Waals surface area contributed by atoms with Crippen molar-refractivity contribution in [1.29, 1.82) is 0 Å². The van der Waals surface area contributed by atoms with Crippen molar-refractivity contribution in [3.63, 3.8) is 0 Å². The topological polar surface area (TPSA) is 54.4 Å². The Bertz CT molecular complexity index is 422. The third kappa shape index (κ3) is 1.54. The van der Waals surface area contributed by atoms with Gasteiger partial charge in [0.15, 0.2) is 0 Å². The molecule has 0 unspecified atom stereocenters. The molecule has 1 heterocycles. The van der Waals surface area contributed by atoms with E-state index < -0.39 is 11.4 Å². The minimum atomic E-state index is -0.946. The van der Waals surface area contributed by atoms with Crippen LogP contribution in [0.4, 0.5) is 0 Å². The molecular weight excluding hydrogens is 280 g/mol. The van der Waals surface area contributed by atoms with Gasteiger partial charge in [-0.05, 0) is 28.9 Å². The summed E-state index contributed by atoms with van der Waals surface area (Å²) in [5.74, 6) is -0.865. The Morgan fingerprint density at radius 1 is 1.60 bits per heavy atom. The molecule has 15 heavy (non-hydrogen) atoms.